The van der Waals surface area contributed by atoms with E-state index in [0.29, 0.717) is 6.54 Å². The van der Waals surface area contributed by atoms with Gasteiger partial charge in [0, 0.05) is 6.54 Å². The number of hydrogen-bond acceptors (Lipinski definition) is 4. The molecule has 2 N–H and O–H groups in total. The van der Waals surface area contributed by atoms with Crippen LogP contribution in [0.25, 0.3) is 0 Å². The minimum Gasteiger partial charge on any atom is -0.478 e. The number of aromatic carboxylic acids is 1. The molecule has 0 aliphatic carbocycles. The van der Waals surface area contributed by atoms with Gasteiger partial charge in [-0.15, -0.1) is 0 Å². The third kappa shape index (κ3) is 2.37. The van der Waals surface area contributed by atoms with Crippen LogP contribution >= 0.6 is 0 Å². The minimum atomic E-state index is -1.19. The van der Waals surface area contributed by atoms with E-state index < -0.39 is 29.7 Å². The number of fused-ring (bicyclic) bond motifs is 1. The maximum atomic E-state index is 12.3. The third-order valence-corrected chi connectivity index (χ3v) is 3.28. The first-order chi connectivity index (χ1) is 9.88. The number of carboxylic acid groups (broad SMARTS) is 1. The van der Waals surface area contributed by atoms with E-state index in [0.717, 1.165) is 11.0 Å². The lowest BCUT2D eigenvalue weighted by molar-refractivity contribution is -0.124. The molecule has 7 nitrogen and oxygen atoms in total. The second-order valence-electron chi connectivity index (χ2n) is 4.62. The summed E-state index contributed by atoms with van der Waals surface area (Å²) in [6.07, 6.45) is 0. The molecule has 7 heteroatoms. The number of carbonyl (C=O) groups is 4. The Morgan fingerprint density at radius 1 is 1.24 bits per heavy atom. The van der Waals surface area contributed by atoms with Crippen molar-refractivity contribution in [1.82, 2.24) is 10.2 Å². The first kappa shape index (κ1) is 14.7. The number of likely N-dealkylation sites (N-methyl/N-ethyl adjacent to an activating group) is 1. The molecule has 110 valence electrons. The van der Waals surface area contributed by atoms with Gasteiger partial charge in [0.2, 0.25) is 5.91 Å². The largest absolute Gasteiger partial charge is 0.478 e. The van der Waals surface area contributed by atoms with Crippen molar-refractivity contribution in [2.24, 2.45) is 0 Å². The second kappa shape index (κ2) is 5.35. The minimum absolute atomic E-state index is 0.0102. The smallest absolute Gasteiger partial charge is 0.335 e. The summed E-state index contributed by atoms with van der Waals surface area (Å²) in [7, 11) is 0. The van der Waals surface area contributed by atoms with E-state index in [9.17, 15) is 19.2 Å². The Labute approximate surface area is 120 Å². The molecule has 1 aliphatic rings. The van der Waals surface area contributed by atoms with Gasteiger partial charge < -0.3 is 10.4 Å². The first-order valence-corrected chi connectivity index (χ1v) is 6.41. The Hall–Kier alpha value is -2.70. The van der Waals surface area contributed by atoms with Gasteiger partial charge in [0.25, 0.3) is 11.8 Å². The van der Waals surface area contributed by atoms with Gasteiger partial charge in [0.15, 0.2) is 0 Å². The molecule has 0 saturated carbocycles. The number of carboxylic acids is 1. The molecule has 3 amide bonds. The quantitative estimate of drug-likeness (QED) is 0.786. The molecule has 21 heavy (non-hydrogen) atoms. The molecule has 0 spiro atoms. The van der Waals surface area contributed by atoms with Crippen LogP contribution in [-0.2, 0) is 4.79 Å². The van der Waals surface area contributed by atoms with Crippen LogP contribution in [-0.4, -0.2) is 46.3 Å². The summed E-state index contributed by atoms with van der Waals surface area (Å²) >= 11 is 0. The SMILES string of the molecule is CCNC(=O)C(C)N1C(=O)c2ccc(C(=O)O)cc2C1=O. The highest BCUT2D eigenvalue weighted by Gasteiger charge is 2.41. The Morgan fingerprint density at radius 2 is 1.86 bits per heavy atom. The van der Waals surface area contributed by atoms with Crippen molar-refractivity contribution in [3.63, 3.8) is 0 Å². The van der Waals surface area contributed by atoms with Gasteiger partial charge in [0.05, 0.1) is 16.7 Å². The molecule has 1 aliphatic heterocycles. The number of nitrogens with zero attached hydrogens (tertiary/aromatic N) is 1. The lowest BCUT2D eigenvalue weighted by Crippen LogP contribution is -2.47. The number of benzene rings is 1. The van der Waals surface area contributed by atoms with E-state index >= 15 is 0 Å². The van der Waals surface area contributed by atoms with E-state index in [4.69, 9.17) is 5.11 Å². The van der Waals surface area contributed by atoms with Crippen molar-refractivity contribution in [2.45, 2.75) is 19.9 Å². The fourth-order valence-electron chi connectivity index (χ4n) is 2.18. The van der Waals surface area contributed by atoms with Crippen molar-refractivity contribution < 1.29 is 24.3 Å². The van der Waals surface area contributed by atoms with E-state index in [1.807, 2.05) is 0 Å². The van der Waals surface area contributed by atoms with Crippen LogP contribution in [0.1, 0.15) is 44.9 Å². The molecule has 2 rings (SSSR count). The summed E-state index contributed by atoms with van der Waals surface area (Å²) in [6.45, 7) is 3.56. The second-order valence-corrected chi connectivity index (χ2v) is 4.62. The molecule has 0 bridgehead atoms. The maximum absolute atomic E-state index is 12.3. The molecule has 1 atom stereocenters. The van der Waals surface area contributed by atoms with E-state index in [2.05, 4.69) is 5.32 Å². The van der Waals surface area contributed by atoms with Crippen molar-refractivity contribution in [2.75, 3.05) is 6.54 Å². The van der Waals surface area contributed by atoms with E-state index in [1.54, 1.807) is 6.92 Å². The fourth-order valence-corrected chi connectivity index (χ4v) is 2.18. The third-order valence-electron chi connectivity index (χ3n) is 3.28. The van der Waals surface area contributed by atoms with Crippen molar-refractivity contribution in [3.05, 3.63) is 34.9 Å². The Kier molecular flexibility index (Phi) is 3.75. The highest BCUT2D eigenvalue weighted by Crippen LogP contribution is 2.25. The first-order valence-electron chi connectivity index (χ1n) is 6.41. The lowest BCUT2D eigenvalue weighted by Gasteiger charge is -2.21. The average molecular weight is 290 g/mol. The van der Waals surface area contributed by atoms with Crippen molar-refractivity contribution in [1.29, 1.82) is 0 Å². The zero-order valence-electron chi connectivity index (χ0n) is 11.5. The van der Waals surface area contributed by atoms with Gasteiger partial charge >= 0.3 is 5.97 Å². The summed E-state index contributed by atoms with van der Waals surface area (Å²) in [5, 5.41) is 11.5. The summed E-state index contributed by atoms with van der Waals surface area (Å²) in [6, 6.07) is 2.75. The van der Waals surface area contributed by atoms with Crippen LogP contribution in [0.4, 0.5) is 0 Å². The summed E-state index contributed by atoms with van der Waals surface area (Å²) in [5.41, 5.74) is 0.0413. The predicted octanol–water partition coefficient (Wildman–Crippen LogP) is 0.505. The summed E-state index contributed by atoms with van der Waals surface area (Å²) in [4.78, 5) is 48.0. The molecular formula is C14H14N2O5. The van der Waals surface area contributed by atoms with Gasteiger partial charge in [-0.05, 0) is 32.0 Å². The Morgan fingerprint density at radius 3 is 2.43 bits per heavy atom. The summed E-state index contributed by atoms with van der Waals surface area (Å²) < 4.78 is 0. The molecule has 0 radical (unpaired) electrons. The van der Waals surface area contributed by atoms with Crippen LogP contribution in [0.5, 0.6) is 0 Å². The summed E-state index contributed by atoms with van der Waals surface area (Å²) in [5.74, 6) is -2.87. The fraction of sp³-hybridized carbons (Fsp3) is 0.286. The molecule has 0 aromatic heterocycles. The highest BCUT2D eigenvalue weighted by atomic mass is 16.4. The molecule has 0 saturated heterocycles. The normalized spacial score (nSPS) is 14.9. The number of nitrogens with one attached hydrogen (secondary N) is 1. The molecule has 1 aromatic rings. The standard InChI is InChI=1S/C14H14N2O5/c1-3-15-11(17)7(2)16-12(18)9-5-4-8(14(20)21)6-10(9)13(16)19/h4-7H,3H2,1-2H3,(H,15,17)(H,20,21). The zero-order valence-corrected chi connectivity index (χ0v) is 11.5. The van der Waals surface area contributed by atoms with Crippen LogP contribution in [0.2, 0.25) is 0 Å². The van der Waals surface area contributed by atoms with Crippen LogP contribution in [0.3, 0.4) is 0 Å². The Bertz CT molecular complexity index is 653. The highest BCUT2D eigenvalue weighted by molar-refractivity contribution is 6.23. The molecule has 0 fully saturated rings. The van der Waals surface area contributed by atoms with Crippen LogP contribution in [0, 0.1) is 0 Å². The van der Waals surface area contributed by atoms with Gasteiger partial charge in [-0.25, -0.2) is 4.79 Å². The predicted molar refractivity (Wildman–Crippen MR) is 72.0 cm³/mol. The van der Waals surface area contributed by atoms with Gasteiger partial charge in [0.1, 0.15) is 6.04 Å². The van der Waals surface area contributed by atoms with Gasteiger partial charge in [-0.1, -0.05) is 0 Å². The number of amides is 3. The van der Waals surface area contributed by atoms with E-state index in [1.165, 1.54) is 19.1 Å². The van der Waals surface area contributed by atoms with Crippen LogP contribution < -0.4 is 5.32 Å². The van der Waals surface area contributed by atoms with Gasteiger partial charge in [-0.2, -0.15) is 0 Å². The maximum Gasteiger partial charge on any atom is 0.335 e. The van der Waals surface area contributed by atoms with E-state index in [-0.39, 0.29) is 16.7 Å². The average Bonchev–Trinajstić information content (AvgIpc) is 2.70. The molecule has 1 heterocycles. The van der Waals surface area contributed by atoms with Crippen molar-refractivity contribution >= 4 is 23.7 Å². The lowest BCUT2D eigenvalue weighted by atomic mass is 10.1. The van der Waals surface area contributed by atoms with Gasteiger partial charge in [-0.3, -0.25) is 19.3 Å². The zero-order chi connectivity index (χ0) is 15.7. The Balaban J connectivity index is 2.38. The molecule has 1 unspecified atom stereocenters. The molecule has 1 aromatic carbocycles. The monoisotopic (exact) mass is 290 g/mol. The number of carbonyl (C=O) groups excluding carboxylic acids is 3. The number of rotatable bonds is 4. The van der Waals surface area contributed by atoms with Crippen molar-refractivity contribution in [3.8, 4) is 0 Å². The molecular weight excluding hydrogens is 276 g/mol. The van der Waals surface area contributed by atoms with Crippen LogP contribution in [0.15, 0.2) is 18.2 Å². The number of hydrogen-bond donors (Lipinski definition) is 2. The number of imide groups is 1. The topological polar surface area (TPSA) is 104 Å².